The zero-order chi connectivity index (χ0) is 38.8. The highest BCUT2D eigenvalue weighted by molar-refractivity contribution is 7.19. The minimum absolute atomic E-state index is 0.0409. The molecule has 13 rings (SSSR count). The molecule has 2 heteroatoms. The molecule has 0 N–H and O–H groups in total. The Hall–Kier alpha value is -5.44. The predicted octanol–water partition coefficient (Wildman–Crippen LogP) is 14.7. The molecule has 4 atom stereocenters. The zero-order valence-corrected chi connectivity index (χ0v) is 34.6. The fraction of sp³-hybridized carbons (Fsp3) is 0.250. The number of rotatable bonds is 1. The lowest BCUT2D eigenvalue weighted by atomic mass is 9.54. The van der Waals surface area contributed by atoms with Crippen molar-refractivity contribution in [1.82, 2.24) is 0 Å². The summed E-state index contributed by atoms with van der Waals surface area (Å²) in [6, 6.07) is 54.2. The minimum atomic E-state index is -0.371. The Morgan fingerprint density at radius 1 is 0.569 bits per heavy atom. The fourth-order valence-electron chi connectivity index (χ4n) is 13.9. The Morgan fingerprint density at radius 3 is 1.76 bits per heavy atom. The van der Waals surface area contributed by atoms with E-state index in [4.69, 9.17) is 0 Å². The highest BCUT2D eigenvalue weighted by atomic mass is 32.1. The molecular formula is C56H47NS. The van der Waals surface area contributed by atoms with Gasteiger partial charge in [-0.3, -0.25) is 0 Å². The standard InChI is InChI=1S/C56H47NS/c1-34-27-28-53(3)45-22-12-13-23-47(45)57(54(4)51(53)49(34)35(2)50-41-18-8-14-24-48(41)58-52(50)54)36-25-26-40-39-17-7-11-21-44(39)56(46(40)33-36)31-29-55(30-32-56)42-19-9-5-15-37(42)38-16-6-10-20-43(38)55/h5-28,33-35H,29-32H2,1-4H3. The lowest BCUT2D eigenvalue weighted by molar-refractivity contribution is 0.265. The maximum Gasteiger partial charge on any atom is 0.0996 e. The molecule has 1 aromatic heterocycles. The Kier molecular flexibility index (Phi) is 6.46. The number of thiophene rings is 1. The highest BCUT2D eigenvalue weighted by Crippen LogP contribution is 2.68. The fourth-order valence-corrected chi connectivity index (χ4v) is 15.4. The first-order valence-electron chi connectivity index (χ1n) is 21.6. The monoisotopic (exact) mass is 765 g/mol. The molecule has 2 spiro atoms. The molecule has 0 radical (unpaired) electrons. The van der Waals surface area contributed by atoms with E-state index in [0.717, 1.165) is 25.7 Å². The van der Waals surface area contributed by atoms with Crippen molar-refractivity contribution >= 4 is 32.8 Å². The van der Waals surface area contributed by atoms with Crippen LogP contribution in [-0.4, -0.2) is 0 Å². The summed E-state index contributed by atoms with van der Waals surface area (Å²) in [5.41, 5.74) is 20.1. The molecule has 7 aromatic rings. The van der Waals surface area contributed by atoms with Gasteiger partial charge in [-0.15, -0.1) is 11.3 Å². The second-order valence-corrected chi connectivity index (χ2v) is 19.8. The lowest BCUT2D eigenvalue weighted by Crippen LogP contribution is -2.55. The summed E-state index contributed by atoms with van der Waals surface area (Å²) in [7, 11) is 0. The summed E-state index contributed by atoms with van der Waals surface area (Å²) < 4.78 is 1.40. The van der Waals surface area contributed by atoms with Gasteiger partial charge in [0.2, 0.25) is 0 Å². The normalized spacial score (nSPS) is 25.9. The summed E-state index contributed by atoms with van der Waals surface area (Å²) >= 11 is 2.04. The van der Waals surface area contributed by atoms with Crippen molar-refractivity contribution in [3.05, 3.63) is 201 Å². The first kappa shape index (κ1) is 33.5. The summed E-state index contributed by atoms with van der Waals surface area (Å²) in [5.74, 6) is 0.716. The van der Waals surface area contributed by atoms with E-state index in [2.05, 4.69) is 184 Å². The number of hydrogen-bond donors (Lipinski definition) is 0. The van der Waals surface area contributed by atoms with E-state index < -0.39 is 0 Å². The molecule has 0 saturated heterocycles. The van der Waals surface area contributed by atoms with Gasteiger partial charge in [-0.25, -0.2) is 0 Å². The van der Waals surface area contributed by atoms with Crippen molar-refractivity contribution in [2.75, 3.05) is 4.90 Å². The summed E-state index contributed by atoms with van der Waals surface area (Å²) in [6.07, 6.45) is 9.61. The summed E-state index contributed by atoms with van der Waals surface area (Å²) in [4.78, 5) is 4.32. The summed E-state index contributed by atoms with van der Waals surface area (Å²) in [5, 5.41) is 1.43. The third-order valence-corrected chi connectivity index (χ3v) is 17.7. The van der Waals surface area contributed by atoms with Crippen molar-refractivity contribution in [1.29, 1.82) is 0 Å². The van der Waals surface area contributed by atoms with E-state index in [-0.39, 0.29) is 21.8 Å². The molecule has 282 valence electrons. The molecule has 1 saturated carbocycles. The smallest absolute Gasteiger partial charge is 0.0996 e. The molecule has 2 heterocycles. The molecular weight excluding hydrogens is 719 g/mol. The largest absolute Gasteiger partial charge is 0.327 e. The lowest BCUT2D eigenvalue weighted by Gasteiger charge is -2.59. The maximum atomic E-state index is 2.80. The molecule has 4 unspecified atom stereocenters. The topological polar surface area (TPSA) is 3.24 Å². The SMILES string of the molecule is CC1C=CC2(C)C3=C1C(C)c1c(sc4ccccc14)C3(C)N(c1ccc3c(c1)C1(CCC4(CC1)c1ccccc1-c1ccccc14)c1ccccc1-3)c1ccccc12. The van der Waals surface area contributed by atoms with Crippen LogP contribution in [0.1, 0.15) is 97.6 Å². The average molecular weight is 766 g/mol. The number of allylic oxidation sites excluding steroid dienone is 3. The van der Waals surface area contributed by atoms with Crippen LogP contribution in [0.5, 0.6) is 0 Å². The molecule has 5 aliphatic carbocycles. The number of anilines is 2. The predicted molar refractivity (Wildman–Crippen MR) is 243 cm³/mol. The number of fused-ring (bicyclic) bond motifs is 16. The third-order valence-electron chi connectivity index (χ3n) is 16.3. The Balaban J connectivity index is 1.04. The van der Waals surface area contributed by atoms with Gasteiger partial charge >= 0.3 is 0 Å². The Morgan fingerprint density at radius 2 is 1.10 bits per heavy atom. The molecule has 6 aromatic carbocycles. The van der Waals surface area contributed by atoms with Gasteiger partial charge in [0.25, 0.3) is 0 Å². The van der Waals surface area contributed by atoms with Crippen LogP contribution in [0, 0.1) is 5.92 Å². The highest BCUT2D eigenvalue weighted by Gasteiger charge is 2.59. The molecule has 1 fully saturated rings. The average Bonchev–Trinajstić information content (AvgIpc) is 3.88. The van der Waals surface area contributed by atoms with Crippen molar-refractivity contribution in [2.45, 2.75) is 81.1 Å². The van der Waals surface area contributed by atoms with Crippen molar-refractivity contribution < 1.29 is 0 Å². The molecule has 1 nitrogen and oxygen atoms in total. The van der Waals surface area contributed by atoms with Crippen molar-refractivity contribution in [3.63, 3.8) is 0 Å². The van der Waals surface area contributed by atoms with Crippen LogP contribution in [0.25, 0.3) is 32.3 Å². The van der Waals surface area contributed by atoms with E-state index in [0.29, 0.717) is 11.8 Å². The molecule has 58 heavy (non-hydrogen) atoms. The number of benzene rings is 6. The van der Waals surface area contributed by atoms with Gasteiger partial charge < -0.3 is 4.90 Å². The molecule has 6 aliphatic rings. The first-order chi connectivity index (χ1) is 28.3. The zero-order valence-electron chi connectivity index (χ0n) is 33.8. The first-order valence-corrected chi connectivity index (χ1v) is 22.4. The van der Waals surface area contributed by atoms with Gasteiger partial charge in [0.15, 0.2) is 0 Å². The summed E-state index contributed by atoms with van der Waals surface area (Å²) in [6.45, 7) is 10.0. The van der Waals surface area contributed by atoms with Gasteiger partial charge in [0, 0.05) is 43.1 Å². The van der Waals surface area contributed by atoms with Crippen LogP contribution < -0.4 is 4.90 Å². The van der Waals surface area contributed by atoms with Gasteiger partial charge in [0.05, 0.1) is 5.54 Å². The third kappa shape index (κ3) is 3.81. The van der Waals surface area contributed by atoms with E-state index in [1.54, 1.807) is 11.1 Å². The second-order valence-electron chi connectivity index (χ2n) is 18.7. The number of nitrogens with zero attached hydrogens (tertiary/aromatic N) is 1. The van der Waals surface area contributed by atoms with E-state index in [1.165, 1.54) is 82.0 Å². The van der Waals surface area contributed by atoms with Crippen LogP contribution in [0.4, 0.5) is 11.4 Å². The Bertz CT molecular complexity index is 2950. The number of para-hydroxylation sites is 1. The van der Waals surface area contributed by atoms with Crippen molar-refractivity contribution in [3.8, 4) is 22.3 Å². The van der Waals surface area contributed by atoms with Crippen LogP contribution in [-0.2, 0) is 21.8 Å². The molecule has 0 bridgehead atoms. The Labute approximate surface area is 346 Å². The van der Waals surface area contributed by atoms with Gasteiger partial charge in [0.1, 0.15) is 0 Å². The molecule has 0 amide bonds. The van der Waals surface area contributed by atoms with E-state index in [9.17, 15) is 0 Å². The van der Waals surface area contributed by atoms with Crippen molar-refractivity contribution in [2.24, 2.45) is 5.92 Å². The number of hydrogen-bond acceptors (Lipinski definition) is 2. The molecule has 1 aliphatic heterocycles. The van der Waals surface area contributed by atoms with Crippen LogP contribution in [0.2, 0.25) is 0 Å². The van der Waals surface area contributed by atoms with Gasteiger partial charge in [-0.2, -0.15) is 0 Å². The van der Waals surface area contributed by atoms with E-state index >= 15 is 0 Å². The van der Waals surface area contributed by atoms with Gasteiger partial charge in [-0.05, 0) is 136 Å². The quantitative estimate of drug-likeness (QED) is 0.150. The van der Waals surface area contributed by atoms with E-state index in [1.807, 2.05) is 11.3 Å². The van der Waals surface area contributed by atoms with Gasteiger partial charge in [-0.1, -0.05) is 147 Å². The van der Waals surface area contributed by atoms with Crippen LogP contribution in [0.15, 0.2) is 163 Å². The second kappa shape index (κ2) is 11.2. The van der Waals surface area contributed by atoms with Crippen LogP contribution >= 0.6 is 11.3 Å². The van der Waals surface area contributed by atoms with Crippen LogP contribution in [0.3, 0.4) is 0 Å². The minimum Gasteiger partial charge on any atom is -0.327 e. The maximum absolute atomic E-state index is 2.80.